The van der Waals surface area contributed by atoms with E-state index in [0.29, 0.717) is 5.92 Å². The van der Waals surface area contributed by atoms with Crippen LogP contribution in [0.15, 0.2) is 24.2 Å². The van der Waals surface area contributed by atoms with Gasteiger partial charge in [-0.2, -0.15) is 0 Å². The van der Waals surface area contributed by atoms with Crippen molar-refractivity contribution in [2.24, 2.45) is 5.92 Å². The van der Waals surface area contributed by atoms with Crippen molar-refractivity contribution < 1.29 is 9.31 Å². The maximum atomic E-state index is 5.94. The van der Waals surface area contributed by atoms with Gasteiger partial charge in [-0.1, -0.05) is 25.9 Å². The zero-order valence-electron chi connectivity index (χ0n) is 14.0. The van der Waals surface area contributed by atoms with Gasteiger partial charge in [-0.05, 0) is 58.2 Å². The van der Waals surface area contributed by atoms with Gasteiger partial charge in [0.05, 0.1) is 16.9 Å². The molecule has 114 valence electrons. The van der Waals surface area contributed by atoms with Gasteiger partial charge in [0, 0.05) is 5.69 Å². The number of pyridine rings is 1. The van der Waals surface area contributed by atoms with Crippen LogP contribution < -0.4 is 0 Å². The van der Waals surface area contributed by atoms with Gasteiger partial charge in [0.2, 0.25) is 0 Å². The number of hydrogen-bond donors (Lipinski definition) is 0. The second-order valence-corrected chi connectivity index (χ2v) is 7.14. The Hall–Kier alpha value is -1.13. The predicted molar refractivity (Wildman–Crippen MR) is 87.9 cm³/mol. The molecule has 1 saturated heterocycles. The molecule has 2 rings (SSSR count). The molecule has 4 heteroatoms. The molecule has 1 aliphatic rings. The molecule has 3 nitrogen and oxygen atoms in total. The number of nitrogens with zero attached hydrogens (tertiary/aromatic N) is 1. The van der Waals surface area contributed by atoms with E-state index in [1.165, 1.54) is 0 Å². The molecule has 0 unspecified atom stereocenters. The Kier molecular flexibility index (Phi) is 4.59. The monoisotopic (exact) mass is 287 g/mol. The fraction of sp³-hybridized carbons (Fsp3) is 0.588. The first-order chi connectivity index (χ1) is 9.69. The molecule has 0 atom stereocenters. The molecule has 1 aromatic heterocycles. The molecule has 0 aromatic carbocycles. The van der Waals surface area contributed by atoms with E-state index >= 15 is 0 Å². The number of rotatable bonds is 4. The lowest BCUT2D eigenvalue weighted by atomic mass is 9.89. The summed E-state index contributed by atoms with van der Waals surface area (Å²) in [5, 5.41) is 0. The lowest BCUT2D eigenvalue weighted by Gasteiger charge is -2.32. The van der Waals surface area contributed by atoms with Crippen LogP contribution in [-0.2, 0) is 15.7 Å². The summed E-state index contributed by atoms with van der Waals surface area (Å²) in [7, 11) is -0.314. The second kappa shape index (κ2) is 5.94. The van der Waals surface area contributed by atoms with E-state index < -0.39 is 0 Å². The molecule has 0 radical (unpaired) electrons. The quantitative estimate of drug-likeness (QED) is 0.786. The van der Waals surface area contributed by atoms with Gasteiger partial charge in [-0.25, -0.2) is 0 Å². The molecule has 0 N–H and O–H groups in total. The van der Waals surface area contributed by atoms with Crippen molar-refractivity contribution in [3.63, 3.8) is 0 Å². The van der Waals surface area contributed by atoms with E-state index in [9.17, 15) is 0 Å². The van der Waals surface area contributed by atoms with E-state index in [0.717, 1.165) is 17.8 Å². The Bertz CT molecular complexity index is 507. The Morgan fingerprint density at radius 3 is 2.33 bits per heavy atom. The predicted octanol–water partition coefficient (Wildman–Crippen LogP) is 3.92. The molecule has 1 aliphatic heterocycles. The zero-order valence-corrected chi connectivity index (χ0v) is 14.0. The fourth-order valence-corrected chi connectivity index (χ4v) is 2.27. The third-order valence-electron chi connectivity index (χ3n) is 4.14. The molecule has 21 heavy (non-hydrogen) atoms. The highest BCUT2D eigenvalue weighted by Crippen LogP contribution is 2.36. The minimum atomic E-state index is -0.314. The molecule has 0 bridgehead atoms. The van der Waals surface area contributed by atoms with E-state index in [1.807, 2.05) is 18.1 Å². The van der Waals surface area contributed by atoms with Crippen LogP contribution in [0, 0.1) is 5.92 Å². The maximum absolute atomic E-state index is 5.94. The summed E-state index contributed by atoms with van der Waals surface area (Å²) in [5.74, 6) is 2.55. The Labute approximate surface area is 128 Å². The first-order valence-corrected chi connectivity index (χ1v) is 7.69. The highest BCUT2D eigenvalue weighted by Gasteiger charge is 2.49. The van der Waals surface area contributed by atoms with Crippen LogP contribution in [0.4, 0.5) is 0 Å². The van der Waals surface area contributed by atoms with Crippen LogP contribution in [-0.4, -0.2) is 23.3 Å². The van der Waals surface area contributed by atoms with Gasteiger partial charge in [-0.15, -0.1) is 0 Å². The molecular formula is C17H26BNO2. The van der Waals surface area contributed by atoms with Crippen molar-refractivity contribution in [1.82, 2.24) is 4.98 Å². The van der Waals surface area contributed by atoms with Crippen molar-refractivity contribution in [2.75, 3.05) is 0 Å². The third-order valence-corrected chi connectivity index (χ3v) is 4.14. The van der Waals surface area contributed by atoms with Gasteiger partial charge in [0.1, 0.15) is 0 Å². The summed E-state index contributed by atoms with van der Waals surface area (Å²) in [6.45, 7) is 12.6. The van der Waals surface area contributed by atoms with Crippen molar-refractivity contribution in [3.05, 3.63) is 35.6 Å². The van der Waals surface area contributed by atoms with Crippen molar-refractivity contribution in [2.45, 2.75) is 59.2 Å². The number of hydrogen-bond acceptors (Lipinski definition) is 3. The molecule has 1 aromatic rings. The summed E-state index contributed by atoms with van der Waals surface area (Å²) < 4.78 is 11.9. The minimum absolute atomic E-state index is 0.297. The molecular weight excluding hydrogens is 261 g/mol. The van der Waals surface area contributed by atoms with Crippen LogP contribution in [0.25, 0.3) is 6.08 Å². The standard InChI is InChI=1S/C17H26BNO2/c1-13(2)12-15-9-7-8-14(19-15)10-11-18-20-16(3,4)17(5,6)21-18/h7-11,13H,12H2,1-6H3/b11-10+. The Morgan fingerprint density at radius 2 is 1.76 bits per heavy atom. The van der Waals surface area contributed by atoms with Crippen LogP contribution in [0.5, 0.6) is 0 Å². The Balaban J connectivity index is 2.05. The van der Waals surface area contributed by atoms with E-state index in [4.69, 9.17) is 9.31 Å². The lowest BCUT2D eigenvalue weighted by Crippen LogP contribution is -2.41. The highest BCUT2D eigenvalue weighted by molar-refractivity contribution is 6.52. The SMILES string of the molecule is CC(C)Cc1cccc(/C=C/B2OC(C)(C)C(C)(C)O2)n1. The van der Waals surface area contributed by atoms with E-state index in [-0.39, 0.29) is 18.3 Å². The average molecular weight is 287 g/mol. The number of aromatic nitrogens is 1. The zero-order chi connectivity index (χ0) is 15.7. The summed E-state index contributed by atoms with van der Waals surface area (Å²) in [6, 6.07) is 6.13. The molecule has 0 saturated carbocycles. The summed E-state index contributed by atoms with van der Waals surface area (Å²) in [5.41, 5.74) is 1.48. The first-order valence-electron chi connectivity index (χ1n) is 7.69. The first kappa shape index (κ1) is 16.2. The van der Waals surface area contributed by atoms with Gasteiger partial charge >= 0.3 is 7.12 Å². The van der Waals surface area contributed by atoms with Crippen LogP contribution in [0.3, 0.4) is 0 Å². The maximum Gasteiger partial charge on any atom is 0.487 e. The summed E-state index contributed by atoms with van der Waals surface area (Å²) >= 11 is 0. The van der Waals surface area contributed by atoms with Crippen molar-refractivity contribution >= 4 is 13.2 Å². The smallest absolute Gasteiger partial charge is 0.400 e. The summed E-state index contributed by atoms with van der Waals surface area (Å²) in [6.07, 6.45) is 2.98. The average Bonchev–Trinajstić information content (AvgIpc) is 2.55. The van der Waals surface area contributed by atoms with Gasteiger partial charge < -0.3 is 9.31 Å². The van der Waals surface area contributed by atoms with Crippen LogP contribution >= 0.6 is 0 Å². The molecule has 0 spiro atoms. The van der Waals surface area contributed by atoms with Crippen LogP contribution in [0.1, 0.15) is 52.9 Å². The molecule has 0 amide bonds. The normalized spacial score (nSPS) is 20.6. The van der Waals surface area contributed by atoms with Gasteiger partial charge in [0.15, 0.2) is 0 Å². The van der Waals surface area contributed by atoms with Crippen molar-refractivity contribution in [1.29, 1.82) is 0 Å². The fourth-order valence-electron chi connectivity index (χ4n) is 2.27. The second-order valence-electron chi connectivity index (χ2n) is 7.14. The van der Waals surface area contributed by atoms with E-state index in [2.05, 4.69) is 58.7 Å². The highest BCUT2D eigenvalue weighted by atomic mass is 16.7. The summed E-state index contributed by atoms with van der Waals surface area (Å²) in [4.78, 5) is 4.65. The third kappa shape index (κ3) is 3.95. The van der Waals surface area contributed by atoms with Gasteiger partial charge in [-0.3, -0.25) is 4.98 Å². The van der Waals surface area contributed by atoms with Crippen LogP contribution in [0.2, 0.25) is 0 Å². The van der Waals surface area contributed by atoms with Crippen molar-refractivity contribution in [3.8, 4) is 0 Å². The molecule has 2 heterocycles. The Morgan fingerprint density at radius 1 is 1.14 bits per heavy atom. The largest absolute Gasteiger partial charge is 0.487 e. The van der Waals surface area contributed by atoms with Gasteiger partial charge in [0.25, 0.3) is 0 Å². The molecule has 1 fully saturated rings. The molecule has 0 aliphatic carbocycles. The topological polar surface area (TPSA) is 31.4 Å². The van der Waals surface area contributed by atoms with E-state index in [1.54, 1.807) is 0 Å². The minimum Gasteiger partial charge on any atom is -0.400 e. The lowest BCUT2D eigenvalue weighted by molar-refractivity contribution is 0.00578.